The van der Waals surface area contributed by atoms with Crippen LogP contribution < -0.4 is 0 Å². The van der Waals surface area contributed by atoms with E-state index in [2.05, 4.69) is 31.9 Å². The first-order valence-electron chi connectivity index (χ1n) is 5.27. The number of hydrogen-bond donors (Lipinski definition) is 0. The van der Waals surface area contributed by atoms with Crippen molar-refractivity contribution in [2.75, 3.05) is 25.6 Å². The third kappa shape index (κ3) is 3.42. The van der Waals surface area contributed by atoms with E-state index in [0.29, 0.717) is 5.88 Å². The van der Waals surface area contributed by atoms with E-state index in [1.807, 2.05) is 6.20 Å². The Bertz CT molecular complexity index is 351. The molecule has 0 radical (unpaired) electrons. The zero-order valence-electron chi connectivity index (χ0n) is 8.90. The molecule has 1 fully saturated rings. The fraction of sp³-hybridized carbons (Fsp3) is 0.545. The maximum Gasteiger partial charge on any atom is 0.0837 e. The molecule has 1 aromatic rings. The van der Waals surface area contributed by atoms with Crippen LogP contribution in [-0.2, 0) is 11.3 Å². The monoisotopic (exact) mass is 304 g/mol. The van der Waals surface area contributed by atoms with Gasteiger partial charge in [0.25, 0.3) is 0 Å². The molecule has 5 heteroatoms. The molecule has 0 N–H and O–H groups in total. The van der Waals surface area contributed by atoms with Gasteiger partial charge in [0, 0.05) is 42.4 Å². The van der Waals surface area contributed by atoms with Crippen molar-refractivity contribution in [3.05, 3.63) is 28.5 Å². The number of pyridine rings is 1. The Kier molecular flexibility index (Phi) is 4.58. The Morgan fingerprint density at radius 2 is 2.44 bits per heavy atom. The number of rotatable bonds is 3. The van der Waals surface area contributed by atoms with E-state index in [4.69, 9.17) is 16.3 Å². The van der Waals surface area contributed by atoms with Crippen LogP contribution in [0.2, 0.25) is 0 Å². The molecule has 2 rings (SSSR count). The maximum absolute atomic E-state index is 5.80. The largest absolute Gasteiger partial charge is 0.374 e. The van der Waals surface area contributed by atoms with Gasteiger partial charge < -0.3 is 4.74 Å². The molecule has 0 aliphatic carbocycles. The summed E-state index contributed by atoms with van der Waals surface area (Å²) in [6.45, 7) is 3.53. The second kappa shape index (κ2) is 5.96. The minimum Gasteiger partial charge on any atom is -0.374 e. The van der Waals surface area contributed by atoms with Crippen LogP contribution in [0, 0.1) is 0 Å². The summed E-state index contributed by atoms with van der Waals surface area (Å²) in [6.07, 6.45) is 3.86. The van der Waals surface area contributed by atoms with Crippen molar-refractivity contribution in [1.29, 1.82) is 0 Å². The summed E-state index contributed by atoms with van der Waals surface area (Å²) in [5.41, 5.74) is 1.21. The van der Waals surface area contributed by atoms with Crippen LogP contribution in [-0.4, -0.2) is 41.6 Å². The van der Waals surface area contributed by atoms with Crippen LogP contribution in [0.3, 0.4) is 0 Å². The third-order valence-electron chi connectivity index (χ3n) is 2.56. The predicted octanol–water partition coefficient (Wildman–Crippen LogP) is 2.28. The second-order valence-electron chi connectivity index (χ2n) is 3.89. The van der Waals surface area contributed by atoms with Gasteiger partial charge >= 0.3 is 0 Å². The van der Waals surface area contributed by atoms with Crippen molar-refractivity contribution in [2.24, 2.45) is 0 Å². The zero-order chi connectivity index (χ0) is 11.4. The smallest absolute Gasteiger partial charge is 0.0837 e. The van der Waals surface area contributed by atoms with Crippen LogP contribution in [0.4, 0.5) is 0 Å². The van der Waals surface area contributed by atoms with E-state index >= 15 is 0 Å². The molecule has 88 valence electrons. The summed E-state index contributed by atoms with van der Waals surface area (Å²) in [5.74, 6) is 0.563. The summed E-state index contributed by atoms with van der Waals surface area (Å²) in [6, 6.07) is 2.10. The van der Waals surface area contributed by atoms with Gasteiger partial charge in [0.2, 0.25) is 0 Å². The third-order valence-corrected chi connectivity index (χ3v) is 3.34. The lowest BCUT2D eigenvalue weighted by atomic mass is 10.2. The first-order valence-corrected chi connectivity index (χ1v) is 6.60. The van der Waals surface area contributed by atoms with Gasteiger partial charge in [-0.05, 0) is 27.6 Å². The van der Waals surface area contributed by atoms with E-state index < -0.39 is 0 Å². The zero-order valence-corrected chi connectivity index (χ0v) is 11.2. The number of morpholine rings is 1. The minimum absolute atomic E-state index is 0.163. The number of nitrogens with zero attached hydrogens (tertiary/aromatic N) is 2. The van der Waals surface area contributed by atoms with Gasteiger partial charge in [-0.1, -0.05) is 0 Å². The number of aromatic nitrogens is 1. The molecule has 1 unspecified atom stereocenters. The maximum atomic E-state index is 5.80. The second-order valence-corrected chi connectivity index (χ2v) is 5.12. The number of alkyl halides is 1. The van der Waals surface area contributed by atoms with Crippen LogP contribution in [0.1, 0.15) is 5.56 Å². The molecule has 1 aliphatic rings. The van der Waals surface area contributed by atoms with Gasteiger partial charge in [-0.3, -0.25) is 9.88 Å². The highest BCUT2D eigenvalue weighted by Crippen LogP contribution is 2.14. The van der Waals surface area contributed by atoms with Crippen molar-refractivity contribution in [2.45, 2.75) is 12.6 Å². The fourth-order valence-electron chi connectivity index (χ4n) is 1.82. The first kappa shape index (κ1) is 12.3. The predicted molar refractivity (Wildman–Crippen MR) is 67.7 cm³/mol. The molecule has 1 aromatic heterocycles. The topological polar surface area (TPSA) is 25.4 Å². The quantitative estimate of drug-likeness (QED) is 0.801. The van der Waals surface area contributed by atoms with Crippen molar-refractivity contribution < 1.29 is 4.74 Å². The van der Waals surface area contributed by atoms with E-state index in [0.717, 1.165) is 30.7 Å². The molecular weight excluding hydrogens is 291 g/mol. The molecule has 0 spiro atoms. The molecule has 1 aliphatic heterocycles. The highest BCUT2D eigenvalue weighted by Gasteiger charge is 2.19. The van der Waals surface area contributed by atoms with Gasteiger partial charge in [-0.25, -0.2) is 0 Å². The number of halogens is 2. The Morgan fingerprint density at radius 1 is 1.56 bits per heavy atom. The average Bonchev–Trinajstić information content (AvgIpc) is 2.29. The molecule has 3 nitrogen and oxygen atoms in total. The molecule has 1 atom stereocenters. The molecule has 0 bridgehead atoms. The Hall–Kier alpha value is -0.160. The van der Waals surface area contributed by atoms with Crippen LogP contribution in [0.25, 0.3) is 0 Å². The molecule has 0 aromatic carbocycles. The van der Waals surface area contributed by atoms with Gasteiger partial charge in [0.1, 0.15) is 0 Å². The molecular formula is C11H14BrClN2O. The van der Waals surface area contributed by atoms with Crippen molar-refractivity contribution in [3.63, 3.8) is 0 Å². The van der Waals surface area contributed by atoms with Gasteiger partial charge in [0.05, 0.1) is 12.7 Å². The lowest BCUT2D eigenvalue weighted by Crippen LogP contribution is -2.42. The average molecular weight is 306 g/mol. The lowest BCUT2D eigenvalue weighted by molar-refractivity contribution is -0.0194. The summed E-state index contributed by atoms with van der Waals surface area (Å²) in [4.78, 5) is 6.51. The SMILES string of the molecule is ClCC1CN(Cc2cncc(Br)c2)CCO1. The Balaban J connectivity index is 1.94. The normalized spacial score (nSPS) is 22.2. The fourth-order valence-corrected chi connectivity index (χ4v) is 2.42. The highest BCUT2D eigenvalue weighted by molar-refractivity contribution is 9.10. The molecule has 0 amide bonds. The molecule has 16 heavy (non-hydrogen) atoms. The van der Waals surface area contributed by atoms with Crippen molar-refractivity contribution >= 4 is 27.5 Å². The summed E-state index contributed by atoms with van der Waals surface area (Å²) in [5, 5.41) is 0. The van der Waals surface area contributed by atoms with E-state index in [1.54, 1.807) is 6.20 Å². The molecule has 2 heterocycles. The van der Waals surface area contributed by atoms with Crippen LogP contribution in [0.15, 0.2) is 22.9 Å². The molecule has 0 saturated carbocycles. The van der Waals surface area contributed by atoms with E-state index in [1.165, 1.54) is 5.56 Å². The van der Waals surface area contributed by atoms with Gasteiger partial charge in [0.15, 0.2) is 0 Å². The lowest BCUT2D eigenvalue weighted by Gasteiger charge is -2.31. The Labute approximate surface area is 109 Å². The number of ether oxygens (including phenoxy) is 1. The minimum atomic E-state index is 0.163. The highest BCUT2D eigenvalue weighted by atomic mass is 79.9. The first-order chi connectivity index (χ1) is 7.78. The van der Waals surface area contributed by atoms with Crippen LogP contribution in [0.5, 0.6) is 0 Å². The van der Waals surface area contributed by atoms with Gasteiger partial charge in [-0.15, -0.1) is 11.6 Å². The van der Waals surface area contributed by atoms with E-state index in [9.17, 15) is 0 Å². The van der Waals surface area contributed by atoms with Crippen LogP contribution >= 0.6 is 27.5 Å². The number of hydrogen-bond acceptors (Lipinski definition) is 3. The summed E-state index contributed by atoms with van der Waals surface area (Å²) in [7, 11) is 0. The Morgan fingerprint density at radius 3 is 3.19 bits per heavy atom. The van der Waals surface area contributed by atoms with E-state index in [-0.39, 0.29) is 6.10 Å². The summed E-state index contributed by atoms with van der Waals surface area (Å²) < 4.78 is 6.54. The standard InChI is InChI=1S/C11H14BrClN2O/c12-10-3-9(5-14-6-10)7-15-1-2-16-11(4-13)8-15/h3,5-6,11H,1-2,4,7-8H2. The molecule has 1 saturated heterocycles. The van der Waals surface area contributed by atoms with Gasteiger partial charge in [-0.2, -0.15) is 0 Å². The van der Waals surface area contributed by atoms with Crippen molar-refractivity contribution in [3.8, 4) is 0 Å². The summed E-state index contributed by atoms with van der Waals surface area (Å²) >= 11 is 9.23. The van der Waals surface area contributed by atoms with Crippen molar-refractivity contribution in [1.82, 2.24) is 9.88 Å².